The standard InChI is InChI=1S/C23H23FN4O2/c1-27-20-5-3-2-4-16(20)17(13-21(27)29)23(30)28-10-8-14(9-11-28)22-25-18-7-6-15(24)12-19(18)26-22/h2-7,12,14,17H,8-11,13H2,1H3,(H,25,26). The monoisotopic (exact) mass is 406 g/mol. The molecular weight excluding hydrogens is 383 g/mol. The summed E-state index contributed by atoms with van der Waals surface area (Å²) in [6.45, 7) is 1.25. The second kappa shape index (κ2) is 7.23. The third-order valence-electron chi connectivity index (χ3n) is 6.38. The summed E-state index contributed by atoms with van der Waals surface area (Å²) in [4.78, 5) is 37.0. The van der Waals surface area contributed by atoms with Crippen molar-refractivity contribution in [2.45, 2.75) is 31.1 Å². The molecule has 5 rings (SSSR count). The number of likely N-dealkylation sites (tertiary alicyclic amines) is 1. The molecule has 3 heterocycles. The number of hydrogen-bond donors (Lipinski definition) is 1. The van der Waals surface area contributed by atoms with Gasteiger partial charge in [0.25, 0.3) is 0 Å². The summed E-state index contributed by atoms with van der Waals surface area (Å²) in [7, 11) is 1.76. The zero-order chi connectivity index (χ0) is 20.8. The molecule has 2 aromatic carbocycles. The summed E-state index contributed by atoms with van der Waals surface area (Å²) in [6.07, 6.45) is 1.79. The van der Waals surface area contributed by atoms with Crippen LogP contribution < -0.4 is 4.90 Å². The van der Waals surface area contributed by atoms with Gasteiger partial charge in [-0.05, 0) is 42.7 Å². The van der Waals surface area contributed by atoms with Crippen molar-refractivity contribution >= 4 is 28.5 Å². The number of piperidine rings is 1. The minimum absolute atomic E-state index is 0.0222. The number of carbonyl (C=O) groups is 2. The van der Waals surface area contributed by atoms with E-state index in [2.05, 4.69) is 9.97 Å². The molecule has 3 aromatic rings. The zero-order valence-corrected chi connectivity index (χ0v) is 16.8. The molecule has 0 saturated carbocycles. The fourth-order valence-electron chi connectivity index (χ4n) is 4.65. The van der Waals surface area contributed by atoms with Crippen LogP contribution in [0.5, 0.6) is 0 Å². The first-order valence-corrected chi connectivity index (χ1v) is 10.3. The first-order chi connectivity index (χ1) is 14.5. The molecule has 1 unspecified atom stereocenters. The smallest absolute Gasteiger partial charge is 0.230 e. The molecule has 30 heavy (non-hydrogen) atoms. The third-order valence-corrected chi connectivity index (χ3v) is 6.38. The summed E-state index contributed by atoms with van der Waals surface area (Å²) < 4.78 is 13.4. The number of halogens is 1. The average molecular weight is 406 g/mol. The van der Waals surface area contributed by atoms with Gasteiger partial charge in [0, 0.05) is 38.2 Å². The van der Waals surface area contributed by atoms with Crippen molar-refractivity contribution in [1.29, 1.82) is 0 Å². The molecule has 2 aliphatic rings. The van der Waals surface area contributed by atoms with Crippen LogP contribution in [0.4, 0.5) is 10.1 Å². The number of para-hydroxylation sites is 1. The van der Waals surface area contributed by atoms with Crippen molar-refractivity contribution in [2.75, 3.05) is 25.0 Å². The normalized spacial score (nSPS) is 19.9. The van der Waals surface area contributed by atoms with Crippen molar-refractivity contribution in [2.24, 2.45) is 0 Å². The van der Waals surface area contributed by atoms with Crippen molar-refractivity contribution in [3.05, 3.63) is 59.7 Å². The van der Waals surface area contributed by atoms with Crippen molar-refractivity contribution < 1.29 is 14.0 Å². The molecule has 1 saturated heterocycles. The molecule has 0 bridgehead atoms. The number of nitrogens with one attached hydrogen (secondary N) is 1. The molecule has 0 spiro atoms. The Morgan fingerprint density at radius 2 is 1.93 bits per heavy atom. The number of carbonyl (C=O) groups excluding carboxylic acids is 2. The van der Waals surface area contributed by atoms with Crippen LogP contribution in [-0.2, 0) is 9.59 Å². The Bertz CT molecular complexity index is 1130. The molecule has 1 atom stereocenters. The Balaban J connectivity index is 1.31. The molecular formula is C23H23FN4O2. The predicted octanol–water partition coefficient (Wildman–Crippen LogP) is 3.56. The van der Waals surface area contributed by atoms with Gasteiger partial charge in [-0.1, -0.05) is 18.2 Å². The minimum atomic E-state index is -0.421. The summed E-state index contributed by atoms with van der Waals surface area (Å²) in [5, 5.41) is 0. The first-order valence-electron chi connectivity index (χ1n) is 10.3. The molecule has 154 valence electrons. The van der Waals surface area contributed by atoms with E-state index in [0.29, 0.717) is 18.6 Å². The number of aromatic amines is 1. The summed E-state index contributed by atoms with van der Waals surface area (Å²) in [5.74, 6) is 0.339. The maximum atomic E-state index is 13.4. The highest BCUT2D eigenvalue weighted by Crippen LogP contribution is 2.37. The highest BCUT2D eigenvalue weighted by molar-refractivity contribution is 6.02. The van der Waals surface area contributed by atoms with Crippen LogP contribution in [0, 0.1) is 5.82 Å². The second-order valence-electron chi connectivity index (χ2n) is 8.15. The quantitative estimate of drug-likeness (QED) is 0.708. The molecule has 7 heteroatoms. The van der Waals surface area contributed by atoms with E-state index in [4.69, 9.17) is 0 Å². The number of aromatic nitrogens is 2. The number of benzene rings is 2. The van der Waals surface area contributed by atoms with Crippen LogP contribution in [0.2, 0.25) is 0 Å². The Morgan fingerprint density at radius 1 is 1.17 bits per heavy atom. The van der Waals surface area contributed by atoms with Crippen LogP contribution in [-0.4, -0.2) is 46.8 Å². The van der Waals surface area contributed by atoms with E-state index in [1.54, 1.807) is 18.0 Å². The predicted molar refractivity (Wildman–Crippen MR) is 112 cm³/mol. The molecule has 1 N–H and O–H groups in total. The fraction of sp³-hybridized carbons (Fsp3) is 0.348. The summed E-state index contributed by atoms with van der Waals surface area (Å²) in [6, 6.07) is 12.2. The number of anilines is 1. The highest BCUT2D eigenvalue weighted by atomic mass is 19.1. The number of imidazole rings is 1. The van der Waals surface area contributed by atoms with Gasteiger partial charge in [0.1, 0.15) is 11.6 Å². The largest absolute Gasteiger partial charge is 0.342 e. The van der Waals surface area contributed by atoms with Crippen LogP contribution in [0.25, 0.3) is 11.0 Å². The van der Waals surface area contributed by atoms with E-state index in [-0.39, 0.29) is 30.0 Å². The van der Waals surface area contributed by atoms with Crippen LogP contribution in [0.3, 0.4) is 0 Å². The number of H-pyrrole nitrogens is 1. The van der Waals surface area contributed by atoms with E-state index < -0.39 is 5.92 Å². The second-order valence-corrected chi connectivity index (χ2v) is 8.15. The fourth-order valence-corrected chi connectivity index (χ4v) is 4.65. The zero-order valence-electron chi connectivity index (χ0n) is 16.8. The SMILES string of the molecule is CN1C(=O)CC(C(=O)N2CCC(c3nc4ccc(F)cc4[nH]3)CC2)c2ccccc21. The number of fused-ring (bicyclic) bond motifs is 2. The maximum Gasteiger partial charge on any atom is 0.230 e. The van der Waals surface area contributed by atoms with Gasteiger partial charge in [-0.2, -0.15) is 0 Å². The van der Waals surface area contributed by atoms with Gasteiger partial charge >= 0.3 is 0 Å². The molecule has 6 nitrogen and oxygen atoms in total. The third kappa shape index (κ3) is 3.14. The van der Waals surface area contributed by atoms with Crippen molar-refractivity contribution in [1.82, 2.24) is 14.9 Å². The van der Waals surface area contributed by atoms with E-state index in [0.717, 1.165) is 35.4 Å². The molecule has 1 fully saturated rings. The van der Waals surface area contributed by atoms with Crippen LogP contribution >= 0.6 is 0 Å². The number of nitrogens with zero attached hydrogens (tertiary/aromatic N) is 3. The van der Waals surface area contributed by atoms with E-state index in [9.17, 15) is 14.0 Å². The first kappa shape index (κ1) is 18.8. The van der Waals surface area contributed by atoms with E-state index >= 15 is 0 Å². The summed E-state index contributed by atoms with van der Waals surface area (Å²) in [5.41, 5.74) is 3.19. The number of amides is 2. The van der Waals surface area contributed by atoms with Gasteiger partial charge in [-0.25, -0.2) is 9.37 Å². The van der Waals surface area contributed by atoms with Crippen molar-refractivity contribution in [3.63, 3.8) is 0 Å². The average Bonchev–Trinajstić information content (AvgIpc) is 3.19. The Morgan fingerprint density at radius 3 is 2.73 bits per heavy atom. The minimum Gasteiger partial charge on any atom is -0.342 e. The Labute approximate surface area is 173 Å². The van der Waals surface area contributed by atoms with Gasteiger partial charge in [-0.15, -0.1) is 0 Å². The lowest BCUT2D eigenvalue weighted by Gasteiger charge is -2.37. The lowest BCUT2D eigenvalue weighted by molar-refractivity contribution is -0.136. The Kier molecular flexibility index (Phi) is 4.53. The maximum absolute atomic E-state index is 13.4. The molecule has 2 aliphatic heterocycles. The van der Waals surface area contributed by atoms with Gasteiger partial charge in [0.2, 0.25) is 11.8 Å². The summed E-state index contributed by atoms with van der Waals surface area (Å²) >= 11 is 0. The topological polar surface area (TPSA) is 69.3 Å². The van der Waals surface area contributed by atoms with Gasteiger partial charge in [0.15, 0.2) is 0 Å². The van der Waals surface area contributed by atoms with E-state index in [1.165, 1.54) is 12.1 Å². The van der Waals surface area contributed by atoms with Gasteiger partial charge < -0.3 is 14.8 Å². The van der Waals surface area contributed by atoms with Crippen LogP contribution in [0.15, 0.2) is 42.5 Å². The Hall–Kier alpha value is -3.22. The highest BCUT2D eigenvalue weighted by Gasteiger charge is 2.37. The number of rotatable bonds is 2. The lowest BCUT2D eigenvalue weighted by atomic mass is 9.87. The molecule has 2 amide bonds. The lowest BCUT2D eigenvalue weighted by Crippen LogP contribution is -2.44. The van der Waals surface area contributed by atoms with Crippen LogP contribution in [0.1, 0.15) is 42.5 Å². The van der Waals surface area contributed by atoms with Gasteiger partial charge in [-0.3, -0.25) is 9.59 Å². The molecule has 0 radical (unpaired) electrons. The van der Waals surface area contributed by atoms with Gasteiger partial charge in [0.05, 0.1) is 17.0 Å². The van der Waals surface area contributed by atoms with E-state index in [1.807, 2.05) is 29.2 Å². The van der Waals surface area contributed by atoms with Crippen molar-refractivity contribution in [3.8, 4) is 0 Å². The molecule has 1 aromatic heterocycles. The number of hydrogen-bond acceptors (Lipinski definition) is 3. The molecule has 0 aliphatic carbocycles.